The molecule has 1 rings (SSSR count). The molecule has 0 aliphatic carbocycles. The number of aliphatic hydroxyl groups excluding tert-OH is 1. The van der Waals surface area contributed by atoms with Gasteiger partial charge in [-0.3, -0.25) is 4.21 Å². The van der Waals surface area contributed by atoms with Crippen LogP contribution in [0, 0.1) is 0 Å². The smallest absolute Gasteiger partial charge is 0.0556 e. The number of nitrogens with one attached hydrogen (secondary N) is 1. The molecule has 1 fully saturated rings. The summed E-state index contributed by atoms with van der Waals surface area (Å²) in [5.41, 5.74) is 0. The molecule has 0 radical (unpaired) electrons. The van der Waals surface area contributed by atoms with E-state index in [1.807, 2.05) is 0 Å². The fourth-order valence-corrected chi connectivity index (χ4v) is 2.57. The molecule has 0 amide bonds. The Bertz CT molecular complexity index is 130. The summed E-state index contributed by atoms with van der Waals surface area (Å²) < 4.78 is 10.9. The van der Waals surface area contributed by atoms with Crippen LogP contribution in [0.2, 0.25) is 0 Å². The van der Waals surface area contributed by atoms with Gasteiger partial charge in [-0.05, 0) is 12.8 Å². The SMILES string of the molecule is O=S1CCC(NCCO)CC1. The van der Waals surface area contributed by atoms with Crippen LogP contribution in [0.3, 0.4) is 0 Å². The van der Waals surface area contributed by atoms with E-state index in [1.54, 1.807) is 0 Å². The Hall–Kier alpha value is 0.0700. The topological polar surface area (TPSA) is 49.3 Å². The second-order valence-corrected chi connectivity index (χ2v) is 4.50. The molecule has 0 aromatic carbocycles. The molecule has 11 heavy (non-hydrogen) atoms. The maximum absolute atomic E-state index is 10.9. The molecule has 0 aromatic heterocycles. The molecule has 3 nitrogen and oxygen atoms in total. The molecule has 1 aliphatic rings. The molecular formula is C7H15NO2S. The normalized spacial score (nSPS) is 32.1. The van der Waals surface area contributed by atoms with Gasteiger partial charge in [-0.15, -0.1) is 0 Å². The van der Waals surface area contributed by atoms with Crippen LogP contribution in [0.1, 0.15) is 12.8 Å². The first-order valence-electron chi connectivity index (χ1n) is 4.02. The van der Waals surface area contributed by atoms with E-state index in [-0.39, 0.29) is 6.61 Å². The van der Waals surface area contributed by atoms with E-state index in [1.165, 1.54) is 0 Å². The lowest BCUT2D eigenvalue weighted by Crippen LogP contribution is -2.37. The number of hydrogen-bond acceptors (Lipinski definition) is 3. The van der Waals surface area contributed by atoms with E-state index in [4.69, 9.17) is 5.11 Å². The van der Waals surface area contributed by atoms with Crippen molar-refractivity contribution in [1.29, 1.82) is 0 Å². The van der Waals surface area contributed by atoms with Crippen LogP contribution >= 0.6 is 0 Å². The quantitative estimate of drug-likeness (QED) is 0.610. The fraction of sp³-hybridized carbons (Fsp3) is 1.00. The van der Waals surface area contributed by atoms with E-state index in [2.05, 4.69) is 5.32 Å². The minimum atomic E-state index is -0.569. The van der Waals surface area contributed by atoms with E-state index >= 15 is 0 Å². The van der Waals surface area contributed by atoms with Crippen molar-refractivity contribution in [2.45, 2.75) is 18.9 Å². The van der Waals surface area contributed by atoms with Gasteiger partial charge >= 0.3 is 0 Å². The maximum Gasteiger partial charge on any atom is 0.0556 e. The van der Waals surface area contributed by atoms with Crippen LogP contribution in [-0.4, -0.2) is 40.0 Å². The predicted octanol–water partition coefficient (Wildman–Crippen LogP) is -0.521. The molecule has 0 bridgehead atoms. The molecule has 0 saturated carbocycles. The Morgan fingerprint density at radius 1 is 1.45 bits per heavy atom. The van der Waals surface area contributed by atoms with Crippen molar-refractivity contribution in [1.82, 2.24) is 5.32 Å². The van der Waals surface area contributed by atoms with Crippen molar-refractivity contribution in [2.24, 2.45) is 0 Å². The Morgan fingerprint density at radius 2 is 2.09 bits per heavy atom. The van der Waals surface area contributed by atoms with Crippen molar-refractivity contribution in [2.75, 3.05) is 24.7 Å². The van der Waals surface area contributed by atoms with Gasteiger partial charge in [0.2, 0.25) is 0 Å². The molecule has 0 unspecified atom stereocenters. The second-order valence-electron chi connectivity index (χ2n) is 2.80. The lowest BCUT2D eigenvalue weighted by Gasteiger charge is -2.21. The van der Waals surface area contributed by atoms with Gasteiger partial charge in [-0.1, -0.05) is 0 Å². The van der Waals surface area contributed by atoms with Crippen LogP contribution < -0.4 is 5.32 Å². The molecule has 0 spiro atoms. The van der Waals surface area contributed by atoms with Crippen LogP contribution in [0.15, 0.2) is 0 Å². The van der Waals surface area contributed by atoms with E-state index in [9.17, 15) is 4.21 Å². The first kappa shape index (κ1) is 9.16. The Morgan fingerprint density at radius 3 is 2.64 bits per heavy atom. The zero-order valence-corrected chi connectivity index (χ0v) is 7.40. The summed E-state index contributed by atoms with van der Waals surface area (Å²) in [6.07, 6.45) is 1.99. The average Bonchev–Trinajstić information content (AvgIpc) is 2.04. The highest BCUT2D eigenvalue weighted by Crippen LogP contribution is 2.08. The summed E-state index contributed by atoms with van der Waals surface area (Å²) in [6, 6.07) is 0.486. The van der Waals surface area contributed by atoms with Gasteiger partial charge in [0.05, 0.1) is 6.61 Å². The lowest BCUT2D eigenvalue weighted by molar-refractivity contribution is 0.281. The molecular weight excluding hydrogens is 162 g/mol. The summed E-state index contributed by atoms with van der Waals surface area (Å²) in [6.45, 7) is 0.858. The van der Waals surface area contributed by atoms with E-state index < -0.39 is 10.8 Å². The van der Waals surface area contributed by atoms with Crippen molar-refractivity contribution in [3.05, 3.63) is 0 Å². The van der Waals surface area contributed by atoms with Gasteiger partial charge in [0, 0.05) is 34.9 Å². The van der Waals surface area contributed by atoms with Crippen LogP contribution in [0.4, 0.5) is 0 Å². The minimum absolute atomic E-state index is 0.194. The van der Waals surface area contributed by atoms with Gasteiger partial charge in [0.25, 0.3) is 0 Å². The maximum atomic E-state index is 10.9. The second kappa shape index (κ2) is 4.85. The molecule has 66 valence electrons. The Kier molecular flexibility index (Phi) is 4.04. The highest BCUT2D eigenvalue weighted by atomic mass is 32.2. The van der Waals surface area contributed by atoms with E-state index in [0.717, 1.165) is 24.3 Å². The zero-order valence-electron chi connectivity index (χ0n) is 6.58. The average molecular weight is 177 g/mol. The van der Waals surface area contributed by atoms with Crippen molar-refractivity contribution < 1.29 is 9.32 Å². The zero-order chi connectivity index (χ0) is 8.10. The van der Waals surface area contributed by atoms with Gasteiger partial charge in [-0.2, -0.15) is 0 Å². The third-order valence-electron chi connectivity index (χ3n) is 1.93. The highest BCUT2D eigenvalue weighted by Gasteiger charge is 2.16. The third-order valence-corrected chi connectivity index (χ3v) is 3.31. The van der Waals surface area contributed by atoms with Gasteiger partial charge in [0.15, 0.2) is 0 Å². The van der Waals surface area contributed by atoms with Gasteiger partial charge < -0.3 is 10.4 Å². The summed E-state index contributed by atoms with van der Waals surface area (Å²) >= 11 is 0. The number of aliphatic hydroxyl groups is 1. The summed E-state index contributed by atoms with van der Waals surface area (Å²) in [5.74, 6) is 1.65. The highest BCUT2D eigenvalue weighted by molar-refractivity contribution is 7.85. The molecule has 0 atom stereocenters. The van der Waals surface area contributed by atoms with Crippen LogP contribution in [0.5, 0.6) is 0 Å². The summed E-state index contributed by atoms with van der Waals surface area (Å²) in [7, 11) is -0.569. The molecule has 1 heterocycles. The van der Waals surface area contributed by atoms with Crippen LogP contribution in [-0.2, 0) is 10.8 Å². The molecule has 1 aliphatic heterocycles. The monoisotopic (exact) mass is 177 g/mol. The van der Waals surface area contributed by atoms with Crippen LogP contribution in [0.25, 0.3) is 0 Å². The molecule has 0 aromatic rings. The molecule has 4 heteroatoms. The minimum Gasteiger partial charge on any atom is -0.395 e. The van der Waals surface area contributed by atoms with Crippen molar-refractivity contribution in [3.63, 3.8) is 0 Å². The summed E-state index contributed by atoms with van der Waals surface area (Å²) in [4.78, 5) is 0. The Labute approximate surface area is 69.6 Å². The summed E-state index contributed by atoms with van der Waals surface area (Å²) in [5, 5.41) is 11.7. The lowest BCUT2D eigenvalue weighted by atomic mass is 10.1. The predicted molar refractivity (Wildman–Crippen MR) is 46.0 cm³/mol. The standard InChI is InChI=1S/C7H15NO2S/c9-4-3-8-7-1-5-11(10)6-2-7/h7-9H,1-6H2. The number of hydrogen-bond donors (Lipinski definition) is 2. The number of rotatable bonds is 3. The van der Waals surface area contributed by atoms with Gasteiger partial charge in [0.1, 0.15) is 0 Å². The van der Waals surface area contributed by atoms with Crippen molar-refractivity contribution >= 4 is 10.8 Å². The van der Waals surface area contributed by atoms with Gasteiger partial charge in [-0.25, -0.2) is 0 Å². The Balaban J connectivity index is 2.12. The first-order chi connectivity index (χ1) is 5.33. The third kappa shape index (κ3) is 3.31. The van der Waals surface area contributed by atoms with E-state index in [0.29, 0.717) is 12.6 Å². The largest absolute Gasteiger partial charge is 0.395 e. The fourth-order valence-electron chi connectivity index (χ4n) is 1.27. The van der Waals surface area contributed by atoms with Crippen molar-refractivity contribution in [3.8, 4) is 0 Å². The first-order valence-corrected chi connectivity index (χ1v) is 5.51. The molecule has 2 N–H and O–H groups in total. The molecule has 1 saturated heterocycles.